The summed E-state index contributed by atoms with van der Waals surface area (Å²) in [5, 5.41) is 13.6. The number of aliphatic hydroxyl groups excluding tert-OH is 1. The van der Waals surface area contributed by atoms with Crippen molar-refractivity contribution in [2.75, 3.05) is 6.54 Å². The number of hydrogen-bond acceptors (Lipinski definition) is 2. The van der Waals surface area contributed by atoms with Gasteiger partial charge in [-0.1, -0.05) is 57.9 Å². The number of aliphatic hydroxyl groups is 1. The van der Waals surface area contributed by atoms with Crippen molar-refractivity contribution in [3.8, 4) is 0 Å². The fraction of sp³-hybridized carbons (Fsp3) is 0.294. The normalized spacial score (nSPS) is 14.0. The maximum atomic E-state index is 10.2. The van der Waals surface area contributed by atoms with E-state index in [-0.39, 0.29) is 6.04 Å². The Labute approximate surface area is 129 Å². The lowest BCUT2D eigenvalue weighted by atomic mass is 10.1. The average Bonchev–Trinajstić information content (AvgIpc) is 2.45. The standard InChI is InChI=1S/C17H20BrNO/c1-12-6-8-14(9-7-12)13(2)19-11-17(20)15-4-3-5-16(18)10-15/h3-10,13,17,19-20H,11H2,1-2H3/t13-,17?/m0/s1. The van der Waals surface area contributed by atoms with Crippen LogP contribution in [-0.2, 0) is 0 Å². The summed E-state index contributed by atoms with van der Waals surface area (Å²) in [5.74, 6) is 0. The van der Waals surface area contributed by atoms with Gasteiger partial charge in [-0.25, -0.2) is 0 Å². The van der Waals surface area contributed by atoms with Gasteiger partial charge in [0.25, 0.3) is 0 Å². The Morgan fingerprint density at radius 2 is 1.80 bits per heavy atom. The molecule has 0 heterocycles. The smallest absolute Gasteiger partial charge is 0.0914 e. The summed E-state index contributed by atoms with van der Waals surface area (Å²) in [6, 6.07) is 16.5. The van der Waals surface area contributed by atoms with Gasteiger partial charge in [-0.15, -0.1) is 0 Å². The lowest BCUT2D eigenvalue weighted by molar-refractivity contribution is 0.170. The summed E-state index contributed by atoms with van der Waals surface area (Å²) in [4.78, 5) is 0. The van der Waals surface area contributed by atoms with Crippen LogP contribution in [0.5, 0.6) is 0 Å². The van der Waals surface area contributed by atoms with E-state index in [4.69, 9.17) is 0 Å². The third-order valence-electron chi connectivity index (χ3n) is 3.43. The number of aryl methyl sites for hydroxylation is 1. The van der Waals surface area contributed by atoms with Gasteiger partial charge in [-0.05, 0) is 37.1 Å². The Morgan fingerprint density at radius 1 is 1.10 bits per heavy atom. The van der Waals surface area contributed by atoms with E-state index in [9.17, 15) is 5.11 Å². The molecule has 0 spiro atoms. The van der Waals surface area contributed by atoms with Crippen LogP contribution < -0.4 is 5.32 Å². The van der Waals surface area contributed by atoms with E-state index in [1.165, 1.54) is 11.1 Å². The predicted molar refractivity (Wildman–Crippen MR) is 86.7 cm³/mol. The SMILES string of the molecule is Cc1ccc([C@H](C)NCC(O)c2cccc(Br)c2)cc1. The second kappa shape index (κ2) is 7.02. The minimum Gasteiger partial charge on any atom is -0.387 e. The minimum absolute atomic E-state index is 0.220. The molecule has 2 nitrogen and oxygen atoms in total. The van der Waals surface area contributed by atoms with Crippen molar-refractivity contribution in [3.63, 3.8) is 0 Å². The van der Waals surface area contributed by atoms with Crippen molar-refractivity contribution >= 4 is 15.9 Å². The van der Waals surface area contributed by atoms with Crippen molar-refractivity contribution < 1.29 is 5.11 Å². The van der Waals surface area contributed by atoms with Crippen molar-refractivity contribution in [2.24, 2.45) is 0 Å². The van der Waals surface area contributed by atoms with E-state index in [0.29, 0.717) is 6.54 Å². The summed E-state index contributed by atoms with van der Waals surface area (Å²) in [5.41, 5.74) is 3.41. The third-order valence-corrected chi connectivity index (χ3v) is 3.92. The second-order valence-corrected chi connectivity index (χ2v) is 6.03. The summed E-state index contributed by atoms with van der Waals surface area (Å²) >= 11 is 3.42. The largest absolute Gasteiger partial charge is 0.387 e. The molecule has 2 N–H and O–H groups in total. The fourth-order valence-corrected chi connectivity index (χ4v) is 2.51. The first-order chi connectivity index (χ1) is 9.56. The third kappa shape index (κ3) is 4.17. The molecule has 20 heavy (non-hydrogen) atoms. The van der Waals surface area contributed by atoms with Crippen LogP contribution in [0, 0.1) is 6.92 Å². The topological polar surface area (TPSA) is 32.3 Å². The fourth-order valence-electron chi connectivity index (χ4n) is 2.09. The summed E-state index contributed by atoms with van der Waals surface area (Å²) in [6.45, 7) is 4.72. The molecule has 0 aliphatic heterocycles. The van der Waals surface area contributed by atoms with Crippen LogP contribution in [-0.4, -0.2) is 11.7 Å². The van der Waals surface area contributed by atoms with Gasteiger partial charge in [0.2, 0.25) is 0 Å². The van der Waals surface area contributed by atoms with Gasteiger partial charge in [0.1, 0.15) is 0 Å². The van der Waals surface area contributed by atoms with Crippen molar-refractivity contribution in [1.29, 1.82) is 0 Å². The molecule has 0 saturated carbocycles. The summed E-state index contributed by atoms with van der Waals surface area (Å²) < 4.78 is 0.987. The first-order valence-corrected chi connectivity index (χ1v) is 7.59. The zero-order valence-corrected chi connectivity index (χ0v) is 13.4. The zero-order valence-electron chi connectivity index (χ0n) is 11.8. The van der Waals surface area contributed by atoms with Crippen LogP contribution in [0.3, 0.4) is 0 Å². The lowest BCUT2D eigenvalue weighted by Crippen LogP contribution is -2.24. The van der Waals surface area contributed by atoms with E-state index in [1.54, 1.807) is 0 Å². The molecule has 0 aliphatic carbocycles. The molecule has 0 saturated heterocycles. The molecule has 0 aromatic heterocycles. The molecule has 0 fully saturated rings. The van der Waals surface area contributed by atoms with E-state index < -0.39 is 6.10 Å². The summed E-state index contributed by atoms with van der Waals surface area (Å²) in [6.07, 6.45) is -0.500. The first-order valence-electron chi connectivity index (χ1n) is 6.80. The van der Waals surface area contributed by atoms with Gasteiger partial charge in [-0.2, -0.15) is 0 Å². The molecule has 2 rings (SSSR count). The van der Waals surface area contributed by atoms with Gasteiger partial charge in [0.15, 0.2) is 0 Å². The Bertz CT molecular complexity index is 553. The van der Waals surface area contributed by atoms with Gasteiger partial charge in [0.05, 0.1) is 6.10 Å². The number of nitrogens with one attached hydrogen (secondary N) is 1. The molecular formula is C17H20BrNO. The van der Waals surface area contributed by atoms with Gasteiger partial charge >= 0.3 is 0 Å². The molecule has 0 radical (unpaired) electrons. The Balaban J connectivity index is 1.93. The van der Waals surface area contributed by atoms with Crippen LogP contribution >= 0.6 is 15.9 Å². The number of rotatable bonds is 5. The van der Waals surface area contributed by atoms with Gasteiger partial charge in [-0.3, -0.25) is 0 Å². The van der Waals surface area contributed by atoms with Gasteiger partial charge in [0, 0.05) is 17.1 Å². The van der Waals surface area contributed by atoms with Crippen LogP contribution in [0.15, 0.2) is 53.0 Å². The molecule has 2 aromatic rings. The Hall–Kier alpha value is -1.16. The highest BCUT2D eigenvalue weighted by Gasteiger charge is 2.10. The van der Waals surface area contributed by atoms with E-state index in [2.05, 4.69) is 59.4 Å². The van der Waals surface area contributed by atoms with Crippen LogP contribution in [0.4, 0.5) is 0 Å². The molecule has 3 heteroatoms. The zero-order chi connectivity index (χ0) is 14.5. The molecule has 0 bridgehead atoms. The van der Waals surface area contributed by atoms with E-state index in [1.807, 2.05) is 24.3 Å². The molecule has 0 amide bonds. The molecule has 106 valence electrons. The predicted octanol–water partition coefficient (Wildman–Crippen LogP) is 4.14. The average molecular weight is 334 g/mol. The highest BCUT2D eigenvalue weighted by Crippen LogP contribution is 2.19. The van der Waals surface area contributed by atoms with Gasteiger partial charge < -0.3 is 10.4 Å². The maximum absolute atomic E-state index is 10.2. The highest BCUT2D eigenvalue weighted by atomic mass is 79.9. The monoisotopic (exact) mass is 333 g/mol. The molecule has 1 unspecified atom stereocenters. The van der Waals surface area contributed by atoms with Crippen LogP contribution in [0.25, 0.3) is 0 Å². The van der Waals surface area contributed by atoms with Crippen molar-refractivity contribution in [3.05, 3.63) is 69.7 Å². The second-order valence-electron chi connectivity index (χ2n) is 5.11. The Morgan fingerprint density at radius 3 is 2.45 bits per heavy atom. The number of hydrogen-bond donors (Lipinski definition) is 2. The quantitative estimate of drug-likeness (QED) is 0.861. The summed E-state index contributed by atoms with van der Waals surface area (Å²) in [7, 11) is 0. The lowest BCUT2D eigenvalue weighted by Gasteiger charge is -2.18. The number of halogens is 1. The van der Waals surface area contributed by atoms with Crippen molar-refractivity contribution in [1.82, 2.24) is 5.32 Å². The molecule has 2 atom stereocenters. The molecule has 0 aliphatic rings. The minimum atomic E-state index is -0.500. The maximum Gasteiger partial charge on any atom is 0.0914 e. The highest BCUT2D eigenvalue weighted by molar-refractivity contribution is 9.10. The van der Waals surface area contributed by atoms with E-state index in [0.717, 1.165) is 10.0 Å². The number of benzene rings is 2. The van der Waals surface area contributed by atoms with Crippen LogP contribution in [0.2, 0.25) is 0 Å². The molecular weight excluding hydrogens is 314 g/mol. The van der Waals surface area contributed by atoms with Crippen molar-refractivity contribution in [2.45, 2.75) is 26.0 Å². The van der Waals surface area contributed by atoms with Crippen LogP contribution in [0.1, 0.15) is 35.8 Å². The first kappa shape index (κ1) is 15.2. The Kier molecular flexibility index (Phi) is 5.35. The molecule has 2 aromatic carbocycles. The van der Waals surface area contributed by atoms with E-state index >= 15 is 0 Å².